The molecule has 130 valence electrons. The molecule has 0 aliphatic rings. The summed E-state index contributed by atoms with van der Waals surface area (Å²) in [4.78, 5) is 0. The van der Waals surface area contributed by atoms with Gasteiger partial charge in [-0.25, -0.2) is 8.78 Å². The lowest BCUT2D eigenvalue weighted by molar-refractivity contribution is 0.625. The molecule has 12 heteroatoms. The van der Waals surface area contributed by atoms with Crippen molar-refractivity contribution in [3.63, 3.8) is 0 Å². The zero-order valence-corrected chi connectivity index (χ0v) is 14.4. The van der Waals surface area contributed by atoms with Gasteiger partial charge in [-0.3, -0.25) is 0 Å². The molecule has 0 atom stereocenters. The Labute approximate surface area is 153 Å². The third kappa shape index (κ3) is 3.41. The predicted octanol–water partition coefficient (Wildman–Crippen LogP) is 2.72. The van der Waals surface area contributed by atoms with E-state index in [9.17, 15) is 8.78 Å². The van der Waals surface area contributed by atoms with Gasteiger partial charge in [-0.2, -0.15) is 9.36 Å². The molecule has 2 heterocycles. The largest absolute Gasteiger partial charge is 0.225 e. The molecule has 0 saturated carbocycles. The summed E-state index contributed by atoms with van der Waals surface area (Å²) in [5.41, 5.74) is 1.25. The molecule has 2 aromatic heterocycles. The van der Waals surface area contributed by atoms with Crippen molar-refractivity contribution < 1.29 is 8.78 Å². The van der Waals surface area contributed by atoms with Gasteiger partial charge in [0, 0.05) is 0 Å². The molecule has 0 amide bonds. The van der Waals surface area contributed by atoms with Gasteiger partial charge in [0.25, 0.3) is 0 Å². The summed E-state index contributed by atoms with van der Waals surface area (Å²) in [5.74, 6) is -0.687. The molecule has 0 aliphatic heterocycles. The van der Waals surface area contributed by atoms with E-state index < -0.39 is 0 Å². The number of tetrazole rings is 2. The van der Waals surface area contributed by atoms with Crippen molar-refractivity contribution in [2.75, 3.05) is 0 Å². The summed E-state index contributed by atoms with van der Waals surface area (Å²) in [6, 6.07) is 11.6. The van der Waals surface area contributed by atoms with E-state index in [1.54, 1.807) is 24.3 Å². The average Bonchev–Trinajstić information content (AvgIpc) is 3.30. The van der Waals surface area contributed by atoms with Gasteiger partial charge >= 0.3 is 0 Å². The van der Waals surface area contributed by atoms with E-state index in [0.717, 1.165) is 0 Å². The standard InChI is InChI=1S/C14H8F2N8S2/c15-9-1-5-11(6-2-9)23-13(17-19-21-23)25-26-14-18-20-22-24(14)12-7-3-10(16)4-8-12/h1-8H. The molecule has 4 rings (SSSR count). The van der Waals surface area contributed by atoms with E-state index in [1.807, 2.05) is 0 Å². The van der Waals surface area contributed by atoms with Crippen molar-refractivity contribution in [2.45, 2.75) is 10.3 Å². The fourth-order valence-corrected chi connectivity index (χ4v) is 3.81. The topological polar surface area (TPSA) is 87.2 Å². The lowest BCUT2D eigenvalue weighted by Crippen LogP contribution is -1.99. The van der Waals surface area contributed by atoms with Gasteiger partial charge in [0.1, 0.15) is 11.6 Å². The molecule has 0 fully saturated rings. The third-order valence-electron chi connectivity index (χ3n) is 3.21. The van der Waals surface area contributed by atoms with Crippen LogP contribution in [0.4, 0.5) is 8.78 Å². The van der Waals surface area contributed by atoms with Crippen LogP contribution in [0.1, 0.15) is 0 Å². The lowest BCUT2D eigenvalue weighted by Gasteiger charge is -2.04. The van der Waals surface area contributed by atoms with E-state index >= 15 is 0 Å². The van der Waals surface area contributed by atoms with Crippen molar-refractivity contribution >= 4 is 21.6 Å². The van der Waals surface area contributed by atoms with Gasteiger partial charge in [-0.05, 0) is 91.0 Å². The fraction of sp³-hybridized carbons (Fsp3) is 0. The van der Waals surface area contributed by atoms with Crippen LogP contribution in [0.5, 0.6) is 0 Å². The van der Waals surface area contributed by atoms with Crippen molar-refractivity contribution in [3.05, 3.63) is 60.2 Å². The molecule has 0 spiro atoms. The van der Waals surface area contributed by atoms with Crippen LogP contribution in [0.3, 0.4) is 0 Å². The Bertz CT molecular complexity index is 932. The summed E-state index contributed by atoms with van der Waals surface area (Å²) in [7, 11) is 2.47. The molecular formula is C14H8F2N8S2. The molecule has 2 aromatic carbocycles. The van der Waals surface area contributed by atoms with Crippen LogP contribution < -0.4 is 0 Å². The third-order valence-corrected chi connectivity index (χ3v) is 5.25. The highest BCUT2D eigenvalue weighted by Crippen LogP contribution is 2.35. The minimum atomic E-state index is -0.344. The second-order valence-corrected chi connectivity index (χ2v) is 6.93. The van der Waals surface area contributed by atoms with E-state index in [-0.39, 0.29) is 11.6 Å². The SMILES string of the molecule is Fc1ccc(-n2nnnc2SSc2nnnn2-c2ccc(F)cc2)cc1. The highest BCUT2D eigenvalue weighted by Gasteiger charge is 2.14. The Kier molecular flexibility index (Phi) is 4.58. The number of aromatic nitrogens is 8. The van der Waals surface area contributed by atoms with Crippen LogP contribution in [-0.4, -0.2) is 40.4 Å². The quantitative estimate of drug-likeness (QED) is 0.481. The Morgan fingerprint density at radius 3 is 1.38 bits per heavy atom. The Hall–Kier alpha value is -2.86. The molecule has 0 radical (unpaired) electrons. The maximum absolute atomic E-state index is 13.1. The van der Waals surface area contributed by atoms with E-state index in [0.29, 0.717) is 21.7 Å². The molecule has 0 bridgehead atoms. The van der Waals surface area contributed by atoms with Gasteiger partial charge in [0.2, 0.25) is 10.3 Å². The molecule has 0 aliphatic carbocycles. The monoisotopic (exact) mass is 390 g/mol. The van der Waals surface area contributed by atoms with Gasteiger partial charge in [-0.15, -0.1) is 10.2 Å². The zero-order valence-electron chi connectivity index (χ0n) is 12.8. The van der Waals surface area contributed by atoms with Crippen LogP contribution in [-0.2, 0) is 0 Å². The second-order valence-electron chi connectivity index (χ2n) is 4.87. The van der Waals surface area contributed by atoms with Crippen LogP contribution in [0.25, 0.3) is 11.4 Å². The molecule has 0 unspecified atom stereocenters. The highest BCUT2D eigenvalue weighted by molar-refractivity contribution is 8.76. The van der Waals surface area contributed by atoms with Gasteiger partial charge < -0.3 is 0 Å². The van der Waals surface area contributed by atoms with Gasteiger partial charge in [0.05, 0.1) is 11.4 Å². The Balaban J connectivity index is 1.54. The summed E-state index contributed by atoms with van der Waals surface area (Å²) in [5, 5.41) is 23.9. The first-order valence-electron chi connectivity index (χ1n) is 7.14. The molecule has 0 saturated heterocycles. The normalized spacial score (nSPS) is 11.0. The van der Waals surface area contributed by atoms with E-state index in [1.165, 1.54) is 55.2 Å². The summed E-state index contributed by atoms with van der Waals surface area (Å²) >= 11 is 0. The van der Waals surface area contributed by atoms with Crippen molar-refractivity contribution in [2.24, 2.45) is 0 Å². The van der Waals surface area contributed by atoms with Crippen molar-refractivity contribution in [1.82, 2.24) is 40.4 Å². The minimum absolute atomic E-state index is 0.344. The summed E-state index contributed by atoms with van der Waals surface area (Å²) < 4.78 is 29.1. The van der Waals surface area contributed by atoms with Gasteiger partial charge in [-0.1, -0.05) is 0 Å². The first-order valence-corrected chi connectivity index (χ1v) is 9.29. The Morgan fingerprint density at radius 1 is 0.615 bits per heavy atom. The highest BCUT2D eigenvalue weighted by atomic mass is 33.1. The van der Waals surface area contributed by atoms with Crippen LogP contribution in [0, 0.1) is 11.6 Å². The first kappa shape index (κ1) is 16.6. The summed E-state index contributed by atoms with van der Waals surface area (Å²) in [6.45, 7) is 0. The maximum atomic E-state index is 13.1. The van der Waals surface area contributed by atoms with Crippen molar-refractivity contribution in [1.29, 1.82) is 0 Å². The first-order chi connectivity index (χ1) is 12.7. The molecule has 4 aromatic rings. The number of rotatable bonds is 5. The van der Waals surface area contributed by atoms with Crippen LogP contribution in [0.15, 0.2) is 58.8 Å². The van der Waals surface area contributed by atoms with E-state index in [4.69, 9.17) is 0 Å². The van der Waals surface area contributed by atoms with E-state index in [2.05, 4.69) is 31.1 Å². The average molecular weight is 390 g/mol. The van der Waals surface area contributed by atoms with Crippen molar-refractivity contribution in [3.8, 4) is 11.4 Å². The summed E-state index contributed by atoms with van der Waals surface area (Å²) in [6.07, 6.45) is 0. The maximum Gasteiger partial charge on any atom is 0.225 e. The molecular weight excluding hydrogens is 382 g/mol. The number of halogens is 2. The number of nitrogens with zero attached hydrogens (tertiary/aromatic N) is 8. The smallest absolute Gasteiger partial charge is 0.207 e. The molecule has 0 N–H and O–H groups in total. The second kappa shape index (κ2) is 7.17. The number of hydrogen-bond acceptors (Lipinski definition) is 8. The fourth-order valence-electron chi connectivity index (χ4n) is 2.02. The lowest BCUT2D eigenvalue weighted by atomic mass is 10.3. The molecule has 8 nitrogen and oxygen atoms in total. The predicted molar refractivity (Wildman–Crippen MR) is 89.9 cm³/mol. The van der Waals surface area contributed by atoms with Crippen LogP contribution in [0.2, 0.25) is 0 Å². The number of hydrogen-bond donors (Lipinski definition) is 0. The van der Waals surface area contributed by atoms with Crippen LogP contribution >= 0.6 is 21.6 Å². The number of benzene rings is 2. The Morgan fingerprint density at radius 2 is 1.00 bits per heavy atom. The minimum Gasteiger partial charge on any atom is -0.207 e. The van der Waals surface area contributed by atoms with Gasteiger partial charge in [0.15, 0.2) is 0 Å². The molecule has 26 heavy (non-hydrogen) atoms. The zero-order chi connectivity index (χ0) is 17.9.